The SMILES string of the molecule is Cc1cc(C(=O)Nc2cc3cc(-c4cnn(C5CCN(C)CC5)c4)ncc3cn2)cnc1C(N)=O. The van der Waals surface area contributed by atoms with Gasteiger partial charge in [0.2, 0.25) is 0 Å². The molecule has 2 amide bonds. The minimum atomic E-state index is -0.632. The summed E-state index contributed by atoms with van der Waals surface area (Å²) in [6.07, 6.45) is 10.8. The summed E-state index contributed by atoms with van der Waals surface area (Å²) in [4.78, 5) is 39.3. The van der Waals surface area contributed by atoms with Crippen molar-refractivity contribution in [3.05, 3.63) is 66.0 Å². The number of rotatable bonds is 5. The van der Waals surface area contributed by atoms with Crippen LogP contribution in [0.5, 0.6) is 0 Å². The smallest absolute Gasteiger partial charge is 0.267 e. The van der Waals surface area contributed by atoms with Crippen molar-refractivity contribution in [2.75, 3.05) is 25.5 Å². The van der Waals surface area contributed by atoms with Crippen LogP contribution in [0.1, 0.15) is 45.3 Å². The summed E-state index contributed by atoms with van der Waals surface area (Å²) in [6, 6.07) is 5.75. The fraction of sp³-hybridized carbons (Fsp3) is 0.280. The Bertz CT molecular complexity index is 1420. The lowest BCUT2D eigenvalue weighted by Gasteiger charge is -2.28. The number of carbonyl (C=O) groups is 2. The van der Waals surface area contributed by atoms with E-state index in [0.29, 0.717) is 23.0 Å². The molecule has 1 aliphatic heterocycles. The van der Waals surface area contributed by atoms with Gasteiger partial charge in [-0.05, 0) is 69.1 Å². The number of nitrogens with two attached hydrogens (primary N) is 1. The van der Waals surface area contributed by atoms with Crippen LogP contribution in [0.25, 0.3) is 22.0 Å². The summed E-state index contributed by atoms with van der Waals surface area (Å²) < 4.78 is 2.05. The molecule has 178 valence electrons. The monoisotopic (exact) mass is 470 g/mol. The Morgan fingerprint density at radius 1 is 1.00 bits per heavy atom. The number of pyridine rings is 3. The number of amides is 2. The molecule has 1 saturated heterocycles. The number of piperidine rings is 1. The molecule has 10 heteroatoms. The van der Waals surface area contributed by atoms with E-state index in [1.54, 1.807) is 31.5 Å². The van der Waals surface area contributed by atoms with Gasteiger partial charge in [-0.25, -0.2) is 9.97 Å². The van der Waals surface area contributed by atoms with E-state index in [2.05, 4.69) is 43.5 Å². The number of hydrogen-bond acceptors (Lipinski definition) is 7. The first kappa shape index (κ1) is 22.6. The van der Waals surface area contributed by atoms with Crippen molar-refractivity contribution in [1.82, 2.24) is 29.6 Å². The zero-order valence-corrected chi connectivity index (χ0v) is 19.6. The summed E-state index contributed by atoms with van der Waals surface area (Å²) >= 11 is 0. The Hall–Kier alpha value is -4.18. The highest BCUT2D eigenvalue weighted by molar-refractivity contribution is 6.05. The van der Waals surface area contributed by atoms with Gasteiger partial charge in [0.15, 0.2) is 0 Å². The molecule has 35 heavy (non-hydrogen) atoms. The molecule has 1 fully saturated rings. The average Bonchev–Trinajstić information content (AvgIpc) is 3.34. The molecule has 3 N–H and O–H groups in total. The summed E-state index contributed by atoms with van der Waals surface area (Å²) in [5, 5.41) is 9.13. The number of aromatic nitrogens is 5. The average molecular weight is 471 g/mol. The highest BCUT2D eigenvalue weighted by atomic mass is 16.2. The first-order chi connectivity index (χ1) is 16.9. The van der Waals surface area contributed by atoms with E-state index in [4.69, 9.17) is 5.73 Å². The number of carbonyl (C=O) groups excluding carboxylic acids is 2. The van der Waals surface area contributed by atoms with Gasteiger partial charge in [-0.1, -0.05) is 0 Å². The van der Waals surface area contributed by atoms with Crippen LogP contribution in [0.2, 0.25) is 0 Å². The van der Waals surface area contributed by atoms with Crippen molar-refractivity contribution in [3.63, 3.8) is 0 Å². The lowest BCUT2D eigenvalue weighted by atomic mass is 10.1. The van der Waals surface area contributed by atoms with E-state index >= 15 is 0 Å². The van der Waals surface area contributed by atoms with Gasteiger partial charge in [-0.3, -0.25) is 19.3 Å². The number of nitrogens with one attached hydrogen (secondary N) is 1. The molecule has 0 spiro atoms. The molecule has 0 unspecified atom stereocenters. The van der Waals surface area contributed by atoms with Crippen molar-refractivity contribution in [3.8, 4) is 11.3 Å². The van der Waals surface area contributed by atoms with Crippen molar-refractivity contribution >= 4 is 28.4 Å². The van der Waals surface area contributed by atoms with Crippen LogP contribution < -0.4 is 11.1 Å². The van der Waals surface area contributed by atoms with Gasteiger partial charge in [0.05, 0.1) is 23.5 Å². The van der Waals surface area contributed by atoms with Crippen LogP contribution >= 0.6 is 0 Å². The molecule has 0 atom stereocenters. The van der Waals surface area contributed by atoms with Crippen molar-refractivity contribution in [1.29, 1.82) is 0 Å². The van der Waals surface area contributed by atoms with Crippen LogP contribution in [-0.4, -0.2) is 61.6 Å². The molecular formula is C25H26N8O2. The Labute approximate surface area is 202 Å². The fourth-order valence-electron chi connectivity index (χ4n) is 4.34. The quantitative estimate of drug-likeness (QED) is 0.458. The number of likely N-dealkylation sites (tertiary alicyclic amines) is 1. The van der Waals surface area contributed by atoms with Crippen LogP contribution in [0.15, 0.2) is 49.2 Å². The van der Waals surface area contributed by atoms with Crippen LogP contribution in [0, 0.1) is 6.92 Å². The van der Waals surface area contributed by atoms with Crippen LogP contribution in [0.3, 0.4) is 0 Å². The fourth-order valence-corrected chi connectivity index (χ4v) is 4.34. The van der Waals surface area contributed by atoms with Gasteiger partial charge >= 0.3 is 0 Å². The first-order valence-electron chi connectivity index (χ1n) is 11.4. The van der Waals surface area contributed by atoms with Gasteiger partial charge in [-0.15, -0.1) is 0 Å². The second kappa shape index (κ2) is 9.22. The van der Waals surface area contributed by atoms with Crippen LogP contribution in [-0.2, 0) is 0 Å². The number of primary amides is 1. The molecule has 0 bridgehead atoms. The van der Waals surface area contributed by atoms with Crippen molar-refractivity contribution in [2.24, 2.45) is 5.73 Å². The third-order valence-corrected chi connectivity index (χ3v) is 6.38. The third-order valence-electron chi connectivity index (χ3n) is 6.38. The predicted octanol–water partition coefficient (Wildman–Crippen LogP) is 2.81. The van der Waals surface area contributed by atoms with Gasteiger partial charge in [0, 0.05) is 35.7 Å². The molecule has 4 aromatic heterocycles. The summed E-state index contributed by atoms with van der Waals surface area (Å²) in [6.45, 7) is 3.82. The summed E-state index contributed by atoms with van der Waals surface area (Å²) in [5.74, 6) is -0.609. The van der Waals surface area contributed by atoms with E-state index in [-0.39, 0.29) is 11.6 Å². The number of fused-ring (bicyclic) bond motifs is 1. The maximum absolute atomic E-state index is 12.7. The lowest BCUT2D eigenvalue weighted by Crippen LogP contribution is -2.31. The topological polar surface area (TPSA) is 132 Å². The van der Waals surface area contributed by atoms with Gasteiger partial charge in [0.1, 0.15) is 11.5 Å². The highest BCUT2D eigenvalue weighted by Gasteiger charge is 2.19. The minimum absolute atomic E-state index is 0.143. The van der Waals surface area contributed by atoms with E-state index in [1.807, 2.05) is 16.9 Å². The van der Waals surface area contributed by atoms with E-state index in [1.165, 1.54) is 6.20 Å². The van der Waals surface area contributed by atoms with Crippen LogP contribution in [0.4, 0.5) is 5.82 Å². The summed E-state index contributed by atoms with van der Waals surface area (Å²) in [7, 11) is 2.15. The molecule has 10 nitrogen and oxygen atoms in total. The Balaban J connectivity index is 1.35. The number of nitrogens with zero attached hydrogens (tertiary/aromatic N) is 6. The number of aryl methyl sites for hydroxylation is 1. The molecule has 0 aromatic carbocycles. The number of hydrogen-bond donors (Lipinski definition) is 2. The van der Waals surface area contributed by atoms with Gasteiger partial charge in [0.25, 0.3) is 11.8 Å². The number of anilines is 1. The zero-order valence-electron chi connectivity index (χ0n) is 19.6. The maximum Gasteiger partial charge on any atom is 0.267 e. The molecule has 0 saturated carbocycles. The predicted molar refractivity (Wildman–Crippen MR) is 132 cm³/mol. The molecule has 1 aliphatic rings. The second-order valence-electron chi connectivity index (χ2n) is 8.94. The molecule has 5 rings (SSSR count). The van der Waals surface area contributed by atoms with Crippen molar-refractivity contribution in [2.45, 2.75) is 25.8 Å². The Morgan fingerprint density at radius 3 is 2.51 bits per heavy atom. The maximum atomic E-state index is 12.7. The summed E-state index contributed by atoms with van der Waals surface area (Å²) in [5.41, 5.74) is 8.04. The van der Waals surface area contributed by atoms with Gasteiger partial charge < -0.3 is 16.0 Å². The molecule has 4 aromatic rings. The van der Waals surface area contributed by atoms with E-state index in [9.17, 15) is 9.59 Å². The standard InChI is InChI=1S/C25H26N8O2/c1-15-7-17(10-29-23(15)24(26)34)25(35)31-22-9-16-8-21(27-11-18(16)12-28-22)19-13-30-33(14-19)20-3-5-32(2)6-4-20/h7-14,20H,3-6H2,1-2H3,(H2,26,34)(H,28,31,35). The van der Waals surface area contributed by atoms with Crippen molar-refractivity contribution < 1.29 is 9.59 Å². The Kier molecular flexibility index (Phi) is 5.96. The highest BCUT2D eigenvalue weighted by Crippen LogP contribution is 2.26. The third kappa shape index (κ3) is 4.73. The first-order valence-corrected chi connectivity index (χ1v) is 11.4. The van der Waals surface area contributed by atoms with E-state index in [0.717, 1.165) is 48.0 Å². The second-order valence-corrected chi connectivity index (χ2v) is 8.94. The van der Waals surface area contributed by atoms with E-state index < -0.39 is 5.91 Å². The lowest BCUT2D eigenvalue weighted by molar-refractivity contribution is 0.0989. The van der Waals surface area contributed by atoms with Gasteiger partial charge in [-0.2, -0.15) is 5.10 Å². The molecular weight excluding hydrogens is 444 g/mol. The molecule has 5 heterocycles. The molecule has 0 radical (unpaired) electrons. The normalized spacial score (nSPS) is 14.8. The zero-order chi connectivity index (χ0) is 24.5. The minimum Gasteiger partial charge on any atom is -0.364 e. The Morgan fingerprint density at radius 2 is 1.77 bits per heavy atom. The molecule has 0 aliphatic carbocycles. The largest absolute Gasteiger partial charge is 0.364 e.